The third-order valence-electron chi connectivity index (χ3n) is 4.12. The second-order valence-corrected chi connectivity index (χ2v) is 6.46. The molecule has 1 aliphatic carbocycles. The summed E-state index contributed by atoms with van der Waals surface area (Å²) >= 11 is 2.11. The van der Waals surface area contributed by atoms with Crippen LogP contribution < -0.4 is 0 Å². The minimum Gasteiger partial charge on any atom is -0.298 e. The van der Waals surface area contributed by atoms with Crippen LogP contribution in [-0.2, 0) is 4.79 Å². The van der Waals surface area contributed by atoms with Crippen LogP contribution in [0.2, 0.25) is 0 Å². The molecule has 2 saturated heterocycles. The van der Waals surface area contributed by atoms with Gasteiger partial charge in [0.2, 0.25) is 0 Å². The Bertz CT molecular complexity index is 268. The van der Waals surface area contributed by atoms with Crippen molar-refractivity contribution >= 4 is 17.5 Å². The van der Waals surface area contributed by atoms with Crippen molar-refractivity contribution in [2.75, 3.05) is 12.3 Å². The van der Waals surface area contributed by atoms with E-state index in [-0.39, 0.29) is 0 Å². The second-order valence-electron chi connectivity index (χ2n) is 5.12. The van der Waals surface area contributed by atoms with Crippen LogP contribution in [0.5, 0.6) is 0 Å². The van der Waals surface area contributed by atoms with E-state index in [2.05, 4.69) is 16.7 Å². The number of likely N-dealkylation sites (tertiary alicyclic amines) is 1. The maximum atomic E-state index is 12.0. The molecule has 3 unspecified atom stereocenters. The predicted octanol–water partition coefficient (Wildman–Crippen LogP) is 2.08. The van der Waals surface area contributed by atoms with E-state index in [1.807, 2.05) is 0 Å². The van der Waals surface area contributed by atoms with E-state index in [9.17, 15) is 4.79 Å². The standard InChI is InChI=1S/C12H19NOS/c14-12-5-3-1-2-4-11(12)13-7-10-6-9(13)8-15-10/h9-11H,1-8H2. The van der Waals surface area contributed by atoms with Gasteiger partial charge in [0.05, 0.1) is 6.04 Å². The van der Waals surface area contributed by atoms with E-state index >= 15 is 0 Å². The highest BCUT2D eigenvalue weighted by Gasteiger charge is 2.43. The Kier molecular flexibility index (Phi) is 2.77. The first-order valence-electron chi connectivity index (χ1n) is 6.24. The number of rotatable bonds is 1. The van der Waals surface area contributed by atoms with E-state index in [4.69, 9.17) is 0 Å². The average Bonchev–Trinajstić information content (AvgIpc) is 2.79. The summed E-state index contributed by atoms with van der Waals surface area (Å²) in [5, 5.41) is 0.839. The first-order valence-corrected chi connectivity index (χ1v) is 7.29. The quantitative estimate of drug-likeness (QED) is 0.637. The maximum Gasteiger partial charge on any atom is 0.149 e. The van der Waals surface area contributed by atoms with Gasteiger partial charge in [-0.3, -0.25) is 9.69 Å². The molecule has 2 bridgehead atoms. The third-order valence-corrected chi connectivity index (χ3v) is 5.51. The van der Waals surface area contributed by atoms with Gasteiger partial charge in [-0.1, -0.05) is 12.8 Å². The van der Waals surface area contributed by atoms with Gasteiger partial charge < -0.3 is 0 Å². The molecule has 2 aliphatic heterocycles. The number of thioether (sulfide) groups is 1. The minimum atomic E-state index is 0.295. The summed E-state index contributed by atoms with van der Waals surface area (Å²) < 4.78 is 0. The highest BCUT2D eigenvalue weighted by Crippen LogP contribution is 2.39. The highest BCUT2D eigenvalue weighted by atomic mass is 32.2. The molecular formula is C12H19NOS. The fraction of sp³-hybridized carbons (Fsp3) is 0.917. The van der Waals surface area contributed by atoms with Crippen LogP contribution >= 0.6 is 11.8 Å². The van der Waals surface area contributed by atoms with Crippen LogP contribution in [0.3, 0.4) is 0 Å². The van der Waals surface area contributed by atoms with Crippen molar-refractivity contribution in [3.8, 4) is 0 Å². The van der Waals surface area contributed by atoms with Gasteiger partial charge in [-0.2, -0.15) is 11.8 Å². The van der Waals surface area contributed by atoms with Gasteiger partial charge in [-0.25, -0.2) is 0 Å². The van der Waals surface area contributed by atoms with Crippen LogP contribution in [0.15, 0.2) is 0 Å². The summed E-state index contributed by atoms with van der Waals surface area (Å²) in [4.78, 5) is 14.6. The number of ketones is 1. The molecule has 1 saturated carbocycles. The Labute approximate surface area is 95.8 Å². The molecule has 3 heteroatoms. The van der Waals surface area contributed by atoms with E-state index in [1.165, 1.54) is 31.6 Å². The van der Waals surface area contributed by atoms with E-state index in [1.54, 1.807) is 0 Å². The monoisotopic (exact) mass is 225 g/mol. The largest absolute Gasteiger partial charge is 0.298 e. The molecule has 15 heavy (non-hydrogen) atoms. The van der Waals surface area contributed by atoms with Gasteiger partial charge in [0.25, 0.3) is 0 Å². The van der Waals surface area contributed by atoms with Gasteiger partial charge in [0.1, 0.15) is 5.78 Å². The lowest BCUT2D eigenvalue weighted by Crippen LogP contribution is -2.46. The van der Waals surface area contributed by atoms with Gasteiger partial charge in [-0.05, 0) is 19.3 Å². The molecule has 84 valence electrons. The minimum absolute atomic E-state index is 0.295. The molecule has 0 spiro atoms. The summed E-state index contributed by atoms with van der Waals surface area (Å²) in [5.74, 6) is 1.80. The Hall–Kier alpha value is -0.0200. The second kappa shape index (κ2) is 4.10. The summed E-state index contributed by atoms with van der Waals surface area (Å²) in [7, 11) is 0. The van der Waals surface area contributed by atoms with Crippen molar-refractivity contribution < 1.29 is 4.79 Å². The van der Waals surface area contributed by atoms with Crippen molar-refractivity contribution in [2.24, 2.45) is 0 Å². The zero-order chi connectivity index (χ0) is 10.3. The number of carbonyl (C=O) groups is 1. The fourth-order valence-electron chi connectivity index (χ4n) is 3.30. The Balaban J connectivity index is 1.72. The summed E-state index contributed by atoms with van der Waals surface area (Å²) in [6.45, 7) is 1.19. The van der Waals surface area contributed by atoms with Crippen molar-refractivity contribution in [3.05, 3.63) is 0 Å². The molecule has 0 aromatic rings. The van der Waals surface area contributed by atoms with E-state index in [0.29, 0.717) is 11.8 Å². The molecule has 2 nitrogen and oxygen atoms in total. The Morgan fingerprint density at radius 3 is 2.93 bits per heavy atom. The molecule has 0 aromatic heterocycles. The number of Topliss-reactive ketones (excluding diaryl/α,β-unsaturated/α-hetero) is 1. The summed E-state index contributed by atoms with van der Waals surface area (Å²) in [5.41, 5.74) is 0. The number of hydrogen-bond donors (Lipinski definition) is 0. The molecule has 2 heterocycles. The van der Waals surface area contributed by atoms with Crippen molar-refractivity contribution in [1.82, 2.24) is 4.90 Å². The number of hydrogen-bond acceptors (Lipinski definition) is 3. The molecular weight excluding hydrogens is 206 g/mol. The summed E-state index contributed by atoms with van der Waals surface area (Å²) in [6, 6.07) is 1.02. The molecule has 0 radical (unpaired) electrons. The zero-order valence-electron chi connectivity index (χ0n) is 9.15. The first-order chi connectivity index (χ1) is 7.34. The molecule has 0 N–H and O–H groups in total. The van der Waals surface area contributed by atoms with Crippen LogP contribution in [-0.4, -0.2) is 40.3 Å². The molecule has 3 rings (SSSR count). The summed E-state index contributed by atoms with van der Waals surface area (Å²) in [6.07, 6.45) is 6.97. The van der Waals surface area contributed by atoms with Crippen molar-refractivity contribution in [1.29, 1.82) is 0 Å². The van der Waals surface area contributed by atoms with Gasteiger partial charge in [0, 0.05) is 30.0 Å². The molecule has 0 amide bonds. The Morgan fingerprint density at radius 2 is 2.20 bits per heavy atom. The van der Waals surface area contributed by atoms with E-state index < -0.39 is 0 Å². The SMILES string of the molecule is O=C1CCCCCC1N1CC2CC1CS2. The number of fused-ring (bicyclic) bond motifs is 2. The lowest BCUT2D eigenvalue weighted by molar-refractivity contribution is -0.124. The highest BCUT2D eigenvalue weighted by molar-refractivity contribution is 8.00. The maximum absolute atomic E-state index is 12.0. The van der Waals surface area contributed by atoms with Crippen LogP contribution in [0, 0.1) is 0 Å². The van der Waals surface area contributed by atoms with Gasteiger partial charge >= 0.3 is 0 Å². The van der Waals surface area contributed by atoms with E-state index in [0.717, 1.165) is 30.6 Å². The zero-order valence-corrected chi connectivity index (χ0v) is 9.97. The molecule has 3 aliphatic rings. The topological polar surface area (TPSA) is 20.3 Å². The number of nitrogens with zero attached hydrogens (tertiary/aromatic N) is 1. The van der Waals surface area contributed by atoms with Gasteiger partial charge in [0.15, 0.2) is 0 Å². The lowest BCUT2D eigenvalue weighted by atomic mass is 10.1. The molecule has 3 fully saturated rings. The third kappa shape index (κ3) is 1.84. The lowest BCUT2D eigenvalue weighted by Gasteiger charge is -2.33. The normalized spacial score (nSPS) is 42.1. The smallest absolute Gasteiger partial charge is 0.149 e. The Morgan fingerprint density at radius 1 is 1.27 bits per heavy atom. The van der Waals surface area contributed by atoms with Crippen molar-refractivity contribution in [3.63, 3.8) is 0 Å². The first kappa shape index (κ1) is 10.2. The van der Waals surface area contributed by atoms with Crippen LogP contribution in [0.25, 0.3) is 0 Å². The van der Waals surface area contributed by atoms with Crippen molar-refractivity contribution in [2.45, 2.75) is 55.9 Å². The molecule has 3 atom stereocenters. The fourth-order valence-corrected chi connectivity index (χ4v) is 4.76. The predicted molar refractivity (Wildman–Crippen MR) is 63.2 cm³/mol. The number of carbonyl (C=O) groups excluding carboxylic acids is 1. The van der Waals surface area contributed by atoms with Crippen LogP contribution in [0.4, 0.5) is 0 Å². The van der Waals surface area contributed by atoms with Crippen LogP contribution in [0.1, 0.15) is 38.5 Å². The van der Waals surface area contributed by atoms with Gasteiger partial charge in [-0.15, -0.1) is 0 Å². The molecule has 0 aromatic carbocycles. The average molecular weight is 225 g/mol.